The highest BCUT2D eigenvalue weighted by Gasteiger charge is 2.36. The lowest BCUT2D eigenvalue weighted by Gasteiger charge is -2.14. The molecule has 1 aliphatic rings. The van der Waals surface area contributed by atoms with Gasteiger partial charge in [-0.15, -0.1) is 0 Å². The van der Waals surface area contributed by atoms with Crippen LogP contribution in [-0.2, 0) is 19.1 Å². The topological polar surface area (TPSA) is 101 Å². The van der Waals surface area contributed by atoms with Gasteiger partial charge in [0.05, 0.1) is 6.61 Å². The summed E-state index contributed by atoms with van der Waals surface area (Å²) in [4.78, 5) is 34.2. The van der Waals surface area contributed by atoms with Gasteiger partial charge in [0, 0.05) is 23.1 Å². The summed E-state index contributed by atoms with van der Waals surface area (Å²) < 4.78 is 5.31. The number of phenolic OH excluding ortho intramolecular Hbond substituents is 1. The summed E-state index contributed by atoms with van der Waals surface area (Å²) in [5.74, 6) is -1.09. The third kappa shape index (κ3) is 4.30. The zero-order chi connectivity index (χ0) is 18.4. The maximum absolute atomic E-state index is 12.0. The van der Waals surface area contributed by atoms with Crippen LogP contribution in [0.25, 0.3) is 6.08 Å². The smallest absolute Gasteiger partial charge is 0.331 e. The first-order valence-electron chi connectivity index (χ1n) is 7.60. The Bertz CT molecular complexity index is 742. The third-order valence-corrected chi connectivity index (χ3v) is 4.04. The molecule has 1 aliphatic carbocycles. The highest BCUT2D eigenvalue weighted by atomic mass is 16.5. The molecule has 0 bridgehead atoms. The quantitative estimate of drug-likeness (QED) is 0.443. The van der Waals surface area contributed by atoms with Crippen molar-refractivity contribution in [1.29, 1.82) is 0 Å². The number of aldehydes is 2. The van der Waals surface area contributed by atoms with Gasteiger partial charge in [-0.2, -0.15) is 0 Å². The monoisotopic (exact) mass is 342 g/mol. The molecule has 6 heteroatoms. The van der Waals surface area contributed by atoms with Crippen molar-refractivity contribution in [3.63, 3.8) is 0 Å². The van der Waals surface area contributed by atoms with Crippen LogP contribution < -0.4 is 0 Å². The summed E-state index contributed by atoms with van der Waals surface area (Å²) >= 11 is 0. The minimum atomic E-state index is -0.788. The molecule has 1 aromatic rings. The molecule has 2 rings (SSSR count). The van der Waals surface area contributed by atoms with Crippen molar-refractivity contribution >= 4 is 24.6 Å². The number of hydrogen-bond acceptors (Lipinski definition) is 6. The molecule has 2 N–H and O–H groups in total. The fourth-order valence-corrected chi connectivity index (χ4v) is 2.73. The number of carbonyl (C=O) groups excluding carboxylic acids is 3. The van der Waals surface area contributed by atoms with Gasteiger partial charge >= 0.3 is 5.97 Å². The molecular formula is C19H18O6. The Labute approximate surface area is 144 Å². The van der Waals surface area contributed by atoms with Crippen LogP contribution in [0.15, 0.2) is 53.6 Å². The predicted octanol–water partition coefficient (Wildman–Crippen LogP) is 1.58. The number of allylic oxidation sites excluding steroid dienone is 2. The van der Waals surface area contributed by atoms with Crippen molar-refractivity contribution in [3.8, 4) is 5.75 Å². The van der Waals surface area contributed by atoms with Gasteiger partial charge in [-0.1, -0.05) is 18.7 Å². The second-order valence-electron chi connectivity index (χ2n) is 5.59. The molecule has 1 aromatic carbocycles. The minimum absolute atomic E-state index is 0.117. The van der Waals surface area contributed by atoms with E-state index in [2.05, 4.69) is 6.58 Å². The number of phenols is 1. The summed E-state index contributed by atoms with van der Waals surface area (Å²) in [6.45, 7) is 3.15. The van der Waals surface area contributed by atoms with Gasteiger partial charge in [-0.25, -0.2) is 4.79 Å². The molecule has 0 heterocycles. The van der Waals surface area contributed by atoms with Crippen LogP contribution in [0.3, 0.4) is 0 Å². The first-order valence-corrected chi connectivity index (χ1v) is 7.60. The van der Waals surface area contributed by atoms with E-state index in [-0.39, 0.29) is 28.9 Å². The van der Waals surface area contributed by atoms with Crippen molar-refractivity contribution < 1.29 is 29.3 Å². The lowest BCUT2D eigenvalue weighted by atomic mass is 9.94. The summed E-state index contributed by atoms with van der Waals surface area (Å²) in [5, 5.41) is 18.7. The fourth-order valence-electron chi connectivity index (χ4n) is 2.73. The van der Waals surface area contributed by atoms with Gasteiger partial charge in [0.25, 0.3) is 0 Å². The van der Waals surface area contributed by atoms with Crippen LogP contribution in [0.4, 0.5) is 0 Å². The van der Waals surface area contributed by atoms with Crippen molar-refractivity contribution in [2.75, 3.05) is 6.61 Å². The van der Waals surface area contributed by atoms with Crippen molar-refractivity contribution in [3.05, 3.63) is 59.2 Å². The normalized spacial score (nSPS) is 19.9. The summed E-state index contributed by atoms with van der Waals surface area (Å²) in [5.41, 5.74) is 1.42. The Balaban J connectivity index is 2.10. The largest absolute Gasteiger partial charge is 0.508 e. The van der Waals surface area contributed by atoms with E-state index < -0.39 is 24.6 Å². The number of aromatic hydroxyl groups is 1. The average molecular weight is 342 g/mol. The number of rotatable bonds is 7. The number of ether oxygens (including phenoxy) is 1. The van der Waals surface area contributed by atoms with E-state index in [0.717, 1.165) is 0 Å². The first kappa shape index (κ1) is 18.4. The highest BCUT2D eigenvalue weighted by Crippen LogP contribution is 2.36. The van der Waals surface area contributed by atoms with E-state index in [4.69, 9.17) is 4.74 Å². The molecule has 25 heavy (non-hydrogen) atoms. The highest BCUT2D eigenvalue weighted by molar-refractivity contribution is 5.88. The summed E-state index contributed by atoms with van der Waals surface area (Å²) in [6.07, 6.45) is 3.25. The SMILES string of the molecule is C=C(C=O)[C@@H]1C[C@@H](OC(=O)/C=C/c2ccc(O)cc2)C(CO)=C1C=O. The van der Waals surface area contributed by atoms with Gasteiger partial charge in [0.2, 0.25) is 0 Å². The molecule has 0 radical (unpaired) electrons. The van der Waals surface area contributed by atoms with Gasteiger partial charge in [0.15, 0.2) is 0 Å². The van der Waals surface area contributed by atoms with Crippen molar-refractivity contribution in [2.24, 2.45) is 5.92 Å². The lowest BCUT2D eigenvalue weighted by Crippen LogP contribution is -2.19. The Morgan fingerprint density at radius 2 is 1.96 bits per heavy atom. The van der Waals surface area contributed by atoms with Gasteiger partial charge < -0.3 is 14.9 Å². The molecular weight excluding hydrogens is 324 g/mol. The van der Waals surface area contributed by atoms with E-state index in [0.29, 0.717) is 18.1 Å². The molecule has 0 amide bonds. The van der Waals surface area contributed by atoms with E-state index in [9.17, 15) is 24.6 Å². The lowest BCUT2D eigenvalue weighted by molar-refractivity contribution is -0.141. The second kappa shape index (κ2) is 8.21. The molecule has 0 saturated heterocycles. The van der Waals surface area contributed by atoms with Crippen LogP contribution in [-0.4, -0.2) is 41.5 Å². The van der Waals surface area contributed by atoms with E-state index in [1.165, 1.54) is 24.3 Å². The molecule has 130 valence electrons. The molecule has 0 unspecified atom stereocenters. The Morgan fingerprint density at radius 1 is 1.28 bits per heavy atom. The Hall–Kier alpha value is -2.99. The van der Waals surface area contributed by atoms with Gasteiger partial charge in [0.1, 0.15) is 24.4 Å². The molecule has 0 fully saturated rings. The number of hydrogen-bond donors (Lipinski definition) is 2. The Morgan fingerprint density at radius 3 is 2.52 bits per heavy atom. The standard InChI is InChI=1S/C19H18O6/c1-12(9-20)15-8-18(17(11-22)16(15)10-21)25-19(24)7-4-13-2-5-14(23)6-3-13/h2-7,9-10,15,18,22-23H,1,8,11H2/b7-4+/t15-,18+/m0/s1. The number of carbonyl (C=O) groups is 3. The molecule has 2 atom stereocenters. The molecule has 0 saturated carbocycles. The zero-order valence-electron chi connectivity index (χ0n) is 13.4. The second-order valence-corrected chi connectivity index (χ2v) is 5.59. The summed E-state index contributed by atoms with van der Waals surface area (Å²) in [7, 11) is 0. The number of aliphatic hydroxyl groups excluding tert-OH is 1. The number of benzene rings is 1. The zero-order valence-corrected chi connectivity index (χ0v) is 13.4. The van der Waals surface area contributed by atoms with E-state index in [1.807, 2.05) is 0 Å². The predicted molar refractivity (Wildman–Crippen MR) is 90.5 cm³/mol. The Kier molecular flexibility index (Phi) is 6.03. The van der Waals surface area contributed by atoms with Crippen LogP contribution in [0.2, 0.25) is 0 Å². The van der Waals surface area contributed by atoms with Crippen molar-refractivity contribution in [2.45, 2.75) is 12.5 Å². The minimum Gasteiger partial charge on any atom is -0.508 e. The van der Waals surface area contributed by atoms with Crippen LogP contribution in [0, 0.1) is 5.92 Å². The molecule has 0 spiro atoms. The first-order chi connectivity index (χ1) is 12.0. The van der Waals surface area contributed by atoms with Crippen molar-refractivity contribution in [1.82, 2.24) is 0 Å². The average Bonchev–Trinajstić information content (AvgIpc) is 2.97. The van der Waals surface area contributed by atoms with Crippen LogP contribution in [0.1, 0.15) is 12.0 Å². The van der Waals surface area contributed by atoms with E-state index in [1.54, 1.807) is 12.1 Å². The van der Waals surface area contributed by atoms with Crippen LogP contribution in [0.5, 0.6) is 5.75 Å². The third-order valence-electron chi connectivity index (χ3n) is 4.04. The summed E-state index contributed by atoms with van der Waals surface area (Å²) in [6, 6.07) is 6.23. The van der Waals surface area contributed by atoms with E-state index >= 15 is 0 Å². The fraction of sp³-hybridized carbons (Fsp3) is 0.211. The number of esters is 1. The maximum atomic E-state index is 12.0. The number of aliphatic hydroxyl groups is 1. The van der Waals surface area contributed by atoms with Gasteiger partial charge in [-0.05, 0) is 35.8 Å². The molecule has 0 aromatic heterocycles. The maximum Gasteiger partial charge on any atom is 0.331 e. The molecule has 0 aliphatic heterocycles. The molecule has 6 nitrogen and oxygen atoms in total. The van der Waals surface area contributed by atoms with Crippen LogP contribution >= 0.6 is 0 Å². The van der Waals surface area contributed by atoms with Gasteiger partial charge in [-0.3, -0.25) is 9.59 Å².